The Kier molecular flexibility index (Phi) is 5.72. The molecule has 1 aliphatic carbocycles. The Bertz CT molecular complexity index is 295. The Labute approximate surface area is 128 Å². The van der Waals surface area contributed by atoms with Gasteiger partial charge in [0, 0.05) is 21.8 Å². The van der Waals surface area contributed by atoms with Crippen LogP contribution in [0.25, 0.3) is 0 Å². The van der Waals surface area contributed by atoms with E-state index in [0.29, 0.717) is 16.3 Å². The van der Waals surface area contributed by atoms with Gasteiger partial charge in [0.05, 0.1) is 12.7 Å². The summed E-state index contributed by atoms with van der Waals surface area (Å²) in [5.74, 6) is 0.598. The maximum atomic E-state index is 12.3. The number of likely N-dealkylation sites (tertiary alicyclic amines) is 1. The van der Waals surface area contributed by atoms with E-state index in [1.54, 1.807) is 0 Å². The molecule has 0 spiro atoms. The van der Waals surface area contributed by atoms with Gasteiger partial charge in [-0.3, -0.25) is 9.69 Å². The third-order valence-corrected chi connectivity index (χ3v) is 5.60. The van der Waals surface area contributed by atoms with Crippen molar-refractivity contribution in [3.8, 4) is 0 Å². The normalized spacial score (nSPS) is 38.6. The fourth-order valence-corrected chi connectivity index (χ4v) is 4.02. The zero-order chi connectivity index (χ0) is 13.1. The van der Waals surface area contributed by atoms with Crippen molar-refractivity contribution >= 4 is 40.0 Å². The first-order valence-electron chi connectivity index (χ1n) is 6.86. The summed E-state index contributed by atoms with van der Waals surface area (Å²) in [7, 11) is 0. The van der Waals surface area contributed by atoms with E-state index < -0.39 is 0 Å². The molecule has 0 aromatic heterocycles. The maximum absolute atomic E-state index is 12.3. The maximum Gasteiger partial charge on any atom is 0.149 e. The molecule has 0 aromatic carbocycles. The molecule has 2 rings (SSSR count). The van der Waals surface area contributed by atoms with Crippen LogP contribution >= 0.6 is 34.2 Å². The predicted octanol–water partition coefficient (Wildman–Crippen LogP) is 2.54. The van der Waals surface area contributed by atoms with Gasteiger partial charge in [0.1, 0.15) is 5.78 Å². The Morgan fingerprint density at radius 1 is 1.22 bits per heavy atom. The highest BCUT2D eigenvalue weighted by molar-refractivity contribution is 14.1. The summed E-state index contributed by atoms with van der Waals surface area (Å²) in [4.78, 5) is 14.4. The highest BCUT2D eigenvalue weighted by Gasteiger charge is 2.30. The molecule has 18 heavy (non-hydrogen) atoms. The van der Waals surface area contributed by atoms with Gasteiger partial charge in [-0.05, 0) is 38.5 Å². The highest BCUT2D eigenvalue weighted by atomic mass is 127. The van der Waals surface area contributed by atoms with Crippen molar-refractivity contribution < 1.29 is 4.79 Å². The van der Waals surface area contributed by atoms with Gasteiger partial charge < -0.3 is 5.73 Å². The first kappa shape index (κ1) is 15.0. The van der Waals surface area contributed by atoms with Crippen molar-refractivity contribution in [1.82, 2.24) is 4.90 Å². The molecule has 104 valence electrons. The van der Waals surface area contributed by atoms with E-state index in [4.69, 9.17) is 17.3 Å². The average Bonchev–Trinajstić information content (AvgIpc) is 2.34. The average molecular weight is 385 g/mol. The Hall–Kier alpha value is 0.610. The number of halogens is 2. The molecule has 2 aliphatic rings. The molecule has 2 unspecified atom stereocenters. The zero-order valence-corrected chi connectivity index (χ0v) is 13.6. The lowest BCUT2D eigenvalue weighted by atomic mass is 9.85. The number of piperidine rings is 1. The molecule has 0 radical (unpaired) electrons. The van der Waals surface area contributed by atoms with Crippen molar-refractivity contribution in [2.24, 2.45) is 11.7 Å². The largest absolute Gasteiger partial charge is 0.316 e. The third kappa shape index (κ3) is 4.05. The molecule has 0 bridgehead atoms. The van der Waals surface area contributed by atoms with E-state index in [-0.39, 0.29) is 17.5 Å². The number of hydrogen-bond acceptors (Lipinski definition) is 3. The fraction of sp³-hybridized carbons (Fsp3) is 0.923. The summed E-state index contributed by atoms with van der Waals surface area (Å²) in [6.07, 6.45) is 6.15. The molecule has 0 amide bonds. The van der Waals surface area contributed by atoms with Crippen molar-refractivity contribution in [1.29, 1.82) is 0 Å². The number of ketones is 1. The number of carbonyl (C=O) groups excluding carboxylic acids is 1. The van der Waals surface area contributed by atoms with Crippen LogP contribution in [-0.2, 0) is 4.79 Å². The van der Waals surface area contributed by atoms with Gasteiger partial charge in [-0.1, -0.05) is 22.6 Å². The summed E-state index contributed by atoms with van der Waals surface area (Å²) in [6.45, 7) is 1.50. The monoisotopic (exact) mass is 384 g/mol. The Balaban J connectivity index is 1.82. The second-order valence-corrected chi connectivity index (χ2v) is 7.97. The molecule has 2 fully saturated rings. The smallest absolute Gasteiger partial charge is 0.149 e. The molecule has 2 N–H and O–H groups in total. The molecule has 1 aliphatic heterocycles. The van der Waals surface area contributed by atoms with Crippen LogP contribution in [0.1, 0.15) is 38.5 Å². The minimum absolute atomic E-state index is 0.0735. The molecule has 5 heteroatoms. The highest BCUT2D eigenvalue weighted by Crippen LogP contribution is 2.29. The number of Topliss-reactive ketones (excluding diaryl/α,β-unsaturated/α-hetero) is 1. The van der Waals surface area contributed by atoms with Crippen LogP contribution in [-0.4, -0.2) is 39.2 Å². The van der Waals surface area contributed by atoms with Gasteiger partial charge in [0.25, 0.3) is 0 Å². The van der Waals surface area contributed by atoms with Crippen molar-refractivity contribution in [2.45, 2.75) is 54.0 Å². The first-order chi connectivity index (χ1) is 8.56. The topological polar surface area (TPSA) is 46.3 Å². The summed E-state index contributed by atoms with van der Waals surface area (Å²) in [5, 5.41) is 0.282. The van der Waals surface area contributed by atoms with Crippen molar-refractivity contribution in [3.05, 3.63) is 0 Å². The molecular formula is C13H22ClIN2O. The lowest BCUT2D eigenvalue weighted by Gasteiger charge is -2.36. The van der Waals surface area contributed by atoms with Gasteiger partial charge in [-0.2, -0.15) is 0 Å². The van der Waals surface area contributed by atoms with E-state index in [1.165, 1.54) is 6.42 Å². The van der Waals surface area contributed by atoms with Gasteiger partial charge in [-0.25, -0.2) is 0 Å². The van der Waals surface area contributed by atoms with Gasteiger partial charge in [0.2, 0.25) is 0 Å². The molecular weight excluding hydrogens is 363 g/mol. The first-order valence-corrected chi connectivity index (χ1v) is 8.55. The molecule has 3 nitrogen and oxygen atoms in total. The van der Waals surface area contributed by atoms with Gasteiger partial charge >= 0.3 is 0 Å². The van der Waals surface area contributed by atoms with Crippen LogP contribution in [0, 0.1) is 5.92 Å². The van der Waals surface area contributed by atoms with Crippen molar-refractivity contribution in [2.75, 3.05) is 13.1 Å². The molecule has 1 heterocycles. The zero-order valence-electron chi connectivity index (χ0n) is 10.7. The number of hydrogen-bond donors (Lipinski definition) is 1. The van der Waals surface area contributed by atoms with E-state index in [9.17, 15) is 4.79 Å². The van der Waals surface area contributed by atoms with E-state index >= 15 is 0 Å². The summed E-state index contributed by atoms with van der Waals surface area (Å²) >= 11 is 8.54. The fourth-order valence-electron chi connectivity index (χ4n) is 2.90. The van der Waals surface area contributed by atoms with Crippen LogP contribution < -0.4 is 5.73 Å². The van der Waals surface area contributed by atoms with Crippen LogP contribution in [0.2, 0.25) is 0 Å². The quantitative estimate of drug-likeness (QED) is 0.601. The third-order valence-electron chi connectivity index (χ3n) is 4.15. The second-order valence-electron chi connectivity index (χ2n) is 5.59. The lowest BCUT2D eigenvalue weighted by molar-refractivity contribution is -0.125. The van der Waals surface area contributed by atoms with Crippen LogP contribution in [0.4, 0.5) is 0 Å². The number of nitrogens with two attached hydrogens (primary N) is 1. The number of alkyl halides is 2. The molecule has 2 atom stereocenters. The van der Waals surface area contributed by atoms with Crippen LogP contribution in [0.15, 0.2) is 0 Å². The molecule has 1 saturated carbocycles. The molecule has 0 aromatic rings. The summed E-state index contributed by atoms with van der Waals surface area (Å²) in [5.41, 5.74) is 6.09. The SMILES string of the molecule is NC1CCC(I)CN1CC(=O)C1CCC(Cl)CC1. The van der Waals surface area contributed by atoms with E-state index in [0.717, 1.165) is 38.6 Å². The van der Waals surface area contributed by atoms with Crippen molar-refractivity contribution in [3.63, 3.8) is 0 Å². The van der Waals surface area contributed by atoms with Gasteiger partial charge in [-0.15, -0.1) is 11.6 Å². The molecule has 1 saturated heterocycles. The second kappa shape index (κ2) is 6.86. The standard InChI is InChI=1S/C13H22ClIN2O/c14-10-3-1-9(2-4-10)12(18)8-17-7-11(15)5-6-13(17)16/h9-11,13H,1-8,16H2. The van der Waals surface area contributed by atoms with Crippen LogP contribution in [0.3, 0.4) is 0 Å². The Morgan fingerprint density at radius 3 is 2.56 bits per heavy atom. The number of carbonyl (C=O) groups is 1. The number of rotatable bonds is 3. The minimum atomic E-state index is 0.0735. The van der Waals surface area contributed by atoms with Crippen LogP contribution in [0.5, 0.6) is 0 Å². The van der Waals surface area contributed by atoms with E-state index in [1.807, 2.05) is 0 Å². The summed E-state index contributed by atoms with van der Waals surface area (Å²) < 4.78 is 0.633. The van der Waals surface area contributed by atoms with Gasteiger partial charge in [0.15, 0.2) is 0 Å². The predicted molar refractivity (Wildman–Crippen MR) is 83.2 cm³/mol. The number of nitrogens with zero attached hydrogens (tertiary/aromatic N) is 1. The van der Waals surface area contributed by atoms with E-state index in [2.05, 4.69) is 27.5 Å². The summed E-state index contributed by atoms with van der Waals surface area (Å²) in [6, 6.07) is 0. The Morgan fingerprint density at radius 2 is 1.89 bits per heavy atom. The minimum Gasteiger partial charge on any atom is -0.316 e. The lowest BCUT2D eigenvalue weighted by Crippen LogP contribution is -2.51.